The lowest BCUT2D eigenvalue weighted by Gasteiger charge is -2.18. The molecule has 0 aliphatic carbocycles. The molecule has 1 heterocycles. The first-order chi connectivity index (χ1) is 7.40. The summed E-state index contributed by atoms with van der Waals surface area (Å²) in [6, 6.07) is 0. The maximum atomic E-state index is 11.4. The van der Waals surface area contributed by atoms with Gasteiger partial charge in [0, 0.05) is 12.4 Å². The first-order valence-corrected chi connectivity index (χ1v) is 4.86. The SMILES string of the molecule is CC(C)(C)ONCC(=O)C(=O)n1ccnc1. The van der Waals surface area contributed by atoms with Crippen LogP contribution in [0.2, 0.25) is 0 Å². The van der Waals surface area contributed by atoms with Crippen LogP contribution in [0.4, 0.5) is 0 Å². The Bertz CT molecular complexity index is 365. The summed E-state index contributed by atoms with van der Waals surface area (Å²) in [6.07, 6.45) is 4.14. The van der Waals surface area contributed by atoms with E-state index in [0.29, 0.717) is 0 Å². The van der Waals surface area contributed by atoms with Crippen LogP contribution in [0.5, 0.6) is 0 Å². The molecule has 6 heteroatoms. The number of nitrogens with zero attached hydrogens (tertiary/aromatic N) is 2. The maximum Gasteiger partial charge on any atom is 0.300 e. The molecule has 1 aromatic rings. The zero-order valence-corrected chi connectivity index (χ0v) is 9.56. The van der Waals surface area contributed by atoms with Crippen LogP contribution in [0.25, 0.3) is 0 Å². The van der Waals surface area contributed by atoms with E-state index in [2.05, 4.69) is 10.5 Å². The molecule has 0 aliphatic rings. The number of carbonyl (C=O) groups excluding carboxylic acids is 2. The number of hydrogen-bond acceptors (Lipinski definition) is 5. The molecule has 1 N–H and O–H groups in total. The Balaban J connectivity index is 2.39. The highest BCUT2D eigenvalue weighted by atomic mass is 16.7. The molecule has 0 unspecified atom stereocenters. The molecule has 0 fully saturated rings. The van der Waals surface area contributed by atoms with Crippen molar-refractivity contribution in [2.24, 2.45) is 0 Å². The largest absolute Gasteiger partial charge is 0.300 e. The topological polar surface area (TPSA) is 73.2 Å². The Morgan fingerprint density at radius 2 is 2.12 bits per heavy atom. The molecule has 0 saturated heterocycles. The Labute approximate surface area is 93.6 Å². The van der Waals surface area contributed by atoms with Crippen LogP contribution in [0.1, 0.15) is 25.6 Å². The lowest BCUT2D eigenvalue weighted by molar-refractivity contribution is -0.121. The fourth-order valence-corrected chi connectivity index (χ4v) is 0.917. The van der Waals surface area contributed by atoms with Crippen LogP contribution in [-0.2, 0) is 9.63 Å². The van der Waals surface area contributed by atoms with E-state index in [9.17, 15) is 9.59 Å². The molecule has 88 valence electrons. The lowest BCUT2D eigenvalue weighted by atomic mass is 10.2. The number of imidazole rings is 1. The summed E-state index contributed by atoms with van der Waals surface area (Å²) in [4.78, 5) is 31.6. The van der Waals surface area contributed by atoms with E-state index < -0.39 is 17.3 Å². The highest BCUT2D eigenvalue weighted by molar-refractivity contribution is 6.37. The normalized spacial score (nSPS) is 11.4. The van der Waals surface area contributed by atoms with Gasteiger partial charge in [-0.15, -0.1) is 0 Å². The summed E-state index contributed by atoms with van der Waals surface area (Å²) in [7, 11) is 0. The molecule has 0 atom stereocenters. The van der Waals surface area contributed by atoms with Crippen LogP contribution >= 0.6 is 0 Å². The second-order valence-corrected chi connectivity index (χ2v) is 4.23. The number of hydrogen-bond donors (Lipinski definition) is 1. The minimum absolute atomic E-state index is 0.158. The molecule has 1 rings (SSSR count). The van der Waals surface area contributed by atoms with Gasteiger partial charge >= 0.3 is 5.91 Å². The van der Waals surface area contributed by atoms with E-state index in [1.54, 1.807) is 0 Å². The molecule has 6 nitrogen and oxygen atoms in total. The molecular weight excluding hydrogens is 210 g/mol. The number of carbonyl (C=O) groups is 2. The highest BCUT2D eigenvalue weighted by Crippen LogP contribution is 2.03. The van der Waals surface area contributed by atoms with Gasteiger partial charge in [-0.05, 0) is 20.8 Å². The zero-order valence-electron chi connectivity index (χ0n) is 9.56. The molecule has 0 amide bonds. The summed E-state index contributed by atoms with van der Waals surface area (Å²) in [5, 5.41) is 0. The van der Waals surface area contributed by atoms with E-state index in [4.69, 9.17) is 4.84 Å². The van der Waals surface area contributed by atoms with Crippen molar-refractivity contribution in [1.82, 2.24) is 15.0 Å². The van der Waals surface area contributed by atoms with Crippen LogP contribution in [0.3, 0.4) is 0 Å². The van der Waals surface area contributed by atoms with Gasteiger partial charge in [-0.25, -0.2) is 4.98 Å². The number of Topliss-reactive ketones (excluding diaryl/α,β-unsaturated/α-hetero) is 1. The van der Waals surface area contributed by atoms with Crippen molar-refractivity contribution >= 4 is 11.7 Å². The van der Waals surface area contributed by atoms with Crippen LogP contribution in [0.15, 0.2) is 18.7 Å². The van der Waals surface area contributed by atoms with Crippen LogP contribution in [-0.4, -0.2) is 33.4 Å². The summed E-state index contributed by atoms with van der Waals surface area (Å²) in [6.45, 7) is 5.35. The number of rotatable bonds is 4. The van der Waals surface area contributed by atoms with Gasteiger partial charge in [0.2, 0.25) is 5.78 Å². The second-order valence-electron chi connectivity index (χ2n) is 4.23. The standard InChI is InChI=1S/C10H15N3O3/c1-10(2,3)16-12-6-8(14)9(15)13-5-4-11-7-13/h4-5,7,12H,6H2,1-3H3. The molecule has 0 saturated carbocycles. The van der Waals surface area contributed by atoms with Gasteiger partial charge in [0.1, 0.15) is 6.33 Å². The van der Waals surface area contributed by atoms with Crippen molar-refractivity contribution in [1.29, 1.82) is 0 Å². The van der Waals surface area contributed by atoms with Crippen molar-refractivity contribution in [3.8, 4) is 0 Å². The molecule has 0 spiro atoms. The predicted octanol–water partition coefficient (Wildman–Crippen LogP) is 0.412. The fraction of sp³-hybridized carbons (Fsp3) is 0.500. The Morgan fingerprint density at radius 3 is 2.62 bits per heavy atom. The van der Waals surface area contributed by atoms with Crippen molar-refractivity contribution in [2.75, 3.05) is 6.54 Å². The molecule has 0 aromatic carbocycles. The maximum absolute atomic E-state index is 11.4. The van der Waals surface area contributed by atoms with E-state index in [1.807, 2.05) is 20.8 Å². The number of hydroxylamine groups is 1. The third-order valence-corrected chi connectivity index (χ3v) is 1.59. The van der Waals surface area contributed by atoms with E-state index >= 15 is 0 Å². The summed E-state index contributed by atoms with van der Waals surface area (Å²) in [5.41, 5.74) is 2.06. The van der Waals surface area contributed by atoms with Gasteiger partial charge in [-0.3, -0.25) is 19.0 Å². The van der Waals surface area contributed by atoms with Gasteiger partial charge in [0.15, 0.2) is 0 Å². The Morgan fingerprint density at radius 1 is 1.44 bits per heavy atom. The van der Waals surface area contributed by atoms with E-state index in [0.717, 1.165) is 4.57 Å². The summed E-state index contributed by atoms with van der Waals surface area (Å²) < 4.78 is 1.13. The fourth-order valence-electron chi connectivity index (χ4n) is 0.917. The van der Waals surface area contributed by atoms with Crippen LogP contribution in [0, 0.1) is 0 Å². The third-order valence-electron chi connectivity index (χ3n) is 1.59. The van der Waals surface area contributed by atoms with Crippen LogP contribution < -0.4 is 5.48 Å². The second kappa shape index (κ2) is 5.00. The lowest BCUT2D eigenvalue weighted by Crippen LogP contribution is -2.36. The van der Waals surface area contributed by atoms with Gasteiger partial charge < -0.3 is 0 Å². The highest BCUT2D eigenvalue weighted by Gasteiger charge is 2.17. The first kappa shape index (κ1) is 12.5. The average Bonchev–Trinajstić information content (AvgIpc) is 2.67. The third kappa shape index (κ3) is 3.92. The van der Waals surface area contributed by atoms with Gasteiger partial charge in [-0.1, -0.05) is 0 Å². The quantitative estimate of drug-likeness (QED) is 0.593. The minimum atomic E-state index is -0.637. The molecule has 0 bridgehead atoms. The van der Waals surface area contributed by atoms with Crippen molar-refractivity contribution in [3.05, 3.63) is 18.7 Å². The molecule has 16 heavy (non-hydrogen) atoms. The molecule has 1 aromatic heterocycles. The van der Waals surface area contributed by atoms with Crippen molar-refractivity contribution < 1.29 is 14.4 Å². The molecule has 0 radical (unpaired) electrons. The monoisotopic (exact) mass is 225 g/mol. The smallest absolute Gasteiger partial charge is 0.296 e. The zero-order chi connectivity index (χ0) is 12.2. The molecule has 0 aliphatic heterocycles. The molecular formula is C10H15N3O3. The summed E-state index contributed by atoms with van der Waals surface area (Å²) >= 11 is 0. The van der Waals surface area contributed by atoms with Gasteiger partial charge in [0.05, 0.1) is 12.1 Å². The van der Waals surface area contributed by atoms with E-state index in [-0.39, 0.29) is 6.54 Å². The van der Waals surface area contributed by atoms with E-state index in [1.165, 1.54) is 18.7 Å². The van der Waals surface area contributed by atoms with Crippen molar-refractivity contribution in [3.63, 3.8) is 0 Å². The number of ketones is 1. The Hall–Kier alpha value is -1.53. The first-order valence-electron chi connectivity index (χ1n) is 4.86. The summed E-state index contributed by atoms with van der Waals surface area (Å²) in [5.74, 6) is -1.22. The Kier molecular flexibility index (Phi) is 3.92. The minimum Gasteiger partial charge on any atom is -0.296 e. The number of aromatic nitrogens is 2. The predicted molar refractivity (Wildman–Crippen MR) is 56.7 cm³/mol. The van der Waals surface area contributed by atoms with Gasteiger partial charge in [-0.2, -0.15) is 5.48 Å². The van der Waals surface area contributed by atoms with Gasteiger partial charge in [0.25, 0.3) is 0 Å². The number of nitrogens with one attached hydrogen (secondary N) is 1. The average molecular weight is 225 g/mol. The van der Waals surface area contributed by atoms with Crippen molar-refractivity contribution in [2.45, 2.75) is 26.4 Å².